The zero-order valence-corrected chi connectivity index (χ0v) is 10.8. The van der Waals surface area contributed by atoms with Crippen LogP contribution >= 0.6 is 35.3 Å². The number of thioether (sulfide) groups is 1. The second-order valence-corrected chi connectivity index (χ2v) is 5.64. The number of hydrogen-bond acceptors (Lipinski definition) is 6. The van der Waals surface area contributed by atoms with Crippen molar-refractivity contribution in [2.45, 2.75) is 24.1 Å². The van der Waals surface area contributed by atoms with Gasteiger partial charge in [0, 0.05) is 12.2 Å². The molecule has 0 aliphatic heterocycles. The summed E-state index contributed by atoms with van der Waals surface area (Å²) in [7, 11) is 0. The normalized spacial score (nSPS) is 10.2. The van der Waals surface area contributed by atoms with Gasteiger partial charge in [-0.15, -0.1) is 0 Å². The molecule has 0 aromatic carbocycles. The number of hydrogen-bond donors (Lipinski definition) is 1. The van der Waals surface area contributed by atoms with Crippen molar-refractivity contribution in [2.24, 2.45) is 0 Å². The van der Waals surface area contributed by atoms with Gasteiger partial charge in [0.15, 0.2) is 8.29 Å². The first-order valence-corrected chi connectivity index (χ1v) is 6.77. The summed E-state index contributed by atoms with van der Waals surface area (Å²) in [6.45, 7) is 2.26. The quantitative estimate of drug-likeness (QED) is 0.370. The number of H-pyrrole nitrogens is 1. The number of carbonyl (C=O) groups excluding carboxylic acids is 1. The van der Waals surface area contributed by atoms with E-state index in [1.165, 1.54) is 11.3 Å². The van der Waals surface area contributed by atoms with Gasteiger partial charge in [-0.2, -0.15) is 5.10 Å². The van der Waals surface area contributed by atoms with E-state index in [2.05, 4.69) is 10.2 Å². The van der Waals surface area contributed by atoms with Gasteiger partial charge in [0.1, 0.15) is 0 Å². The first-order valence-electron chi connectivity index (χ1n) is 4.56. The van der Waals surface area contributed by atoms with Crippen LogP contribution in [0.3, 0.4) is 0 Å². The molecule has 0 spiro atoms. The van der Waals surface area contributed by atoms with Crippen LogP contribution < -0.4 is 0 Å². The van der Waals surface area contributed by atoms with Gasteiger partial charge in [-0.05, 0) is 25.6 Å². The van der Waals surface area contributed by atoms with Gasteiger partial charge in [0.05, 0.1) is 6.61 Å². The van der Waals surface area contributed by atoms with Crippen molar-refractivity contribution >= 4 is 41.3 Å². The van der Waals surface area contributed by atoms with Crippen LogP contribution in [-0.2, 0) is 9.53 Å². The number of aromatic nitrogens is 2. The number of nitrogens with one attached hydrogen (secondary N) is 1. The van der Waals surface area contributed by atoms with Crippen molar-refractivity contribution in [3.05, 3.63) is 3.95 Å². The Balaban J connectivity index is 2.12. The topological polar surface area (TPSA) is 55.0 Å². The molecule has 0 radical (unpaired) electrons. The highest BCUT2D eigenvalue weighted by Crippen LogP contribution is 2.21. The largest absolute Gasteiger partial charge is 0.466 e. The lowest BCUT2D eigenvalue weighted by atomic mass is 10.3. The van der Waals surface area contributed by atoms with Crippen molar-refractivity contribution in [2.75, 3.05) is 12.4 Å². The van der Waals surface area contributed by atoms with Gasteiger partial charge in [-0.3, -0.25) is 9.89 Å². The Morgan fingerprint density at radius 1 is 1.73 bits per heavy atom. The fourth-order valence-corrected chi connectivity index (χ4v) is 2.98. The van der Waals surface area contributed by atoms with E-state index in [1.54, 1.807) is 11.8 Å². The first-order chi connectivity index (χ1) is 7.22. The Bertz CT molecular complexity index is 361. The van der Waals surface area contributed by atoms with E-state index < -0.39 is 0 Å². The van der Waals surface area contributed by atoms with Crippen LogP contribution in [0.25, 0.3) is 0 Å². The second kappa shape index (κ2) is 6.97. The third-order valence-corrected chi connectivity index (χ3v) is 3.79. The summed E-state index contributed by atoms with van der Waals surface area (Å²) >= 11 is 7.96. The first kappa shape index (κ1) is 12.7. The van der Waals surface area contributed by atoms with Crippen LogP contribution in [-0.4, -0.2) is 28.5 Å². The molecule has 0 unspecified atom stereocenters. The maximum Gasteiger partial charge on any atom is 0.305 e. The molecule has 1 N–H and O–H groups in total. The van der Waals surface area contributed by atoms with Crippen LogP contribution in [0.5, 0.6) is 0 Å². The molecule has 0 aliphatic rings. The minimum absolute atomic E-state index is 0.132. The Morgan fingerprint density at radius 3 is 3.13 bits per heavy atom. The van der Waals surface area contributed by atoms with Crippen LogP contribution in [0.1, 0.15) is 19.8 Å². The average Bonchev–Trinajstić information content (AvgIpc) is 2.60. The Morgan fingerprint density at radius 2 is 2.53 bits per heavy atom. The highest BCUT2D eigenvalue weighted by atomic mass is 32.2. The molecular weight excluding hydrogens is 252 g/mol. The van der Waals surface area contributed by atoms with Gasteiger partial charge >= 0.3 is 5.97 Å². The minimum Gasteiger partial charge on any atom is -0.466 e. The van der Waals surface area contributed by atoms with Crippen molar-refractivity contribution < 1.29 is 9.53 Å². The molecule has 0 fully saturated rings. The number of esters is 1. The maximum atomic E-state index is 11.0. The zero-order chi connectivity index (χ0) is 11.1. The second-order valence-electron chi connectivity index (χ2n) is 2.64. The van der Waals surface area contributed by atoms with Crippen molar-refractivity contribution in [1.82, 2.24) is 10.2 Å². The number of ether oxygens (including phenoxy) is 1. The molecule has 1 heterocycles. The molecule has 0 bridgehead atoms. The zero-order valence-electron chi connectivity index (χ0n) is 8.32. The summed E-state index contributed by atoms with van der Waals surface area (Å²) in [5.74, 6) is 0.724. The van der Waals surface area contributed by atoms with Crippen molar-refractivity contribution in [3.63, 3.8) is 0 Å². The molecule has 1 aromatic heterocycles. The van der Waals surface area contributed by atoms with Crippen molar-refractivity contribution in [1.29, 1.82) is 0 Å². The van der Waals surface area contributed by atoms with Gasteiger partial charge in [-0.1, -0.05) is 23.1 Å². The molecule has 15 heavy (non-hydrogen) atoms. The van der Waals surface area contributed by atoms with E-state index in [-0.39, 0.29) is 5.97 Å². The summed E-state index contributed by atoms with van der Waals surface area (Å²) in [4.78, 5) is 11.0. The van der Waals surface area contributed by atoms with E-state index in [0.717, 1.165) is 16.5 Å². The molecular formula is C8H12N2O2S3. The lowest BCUT2D eigenvalue weighted by Gasteiger charge is -1.99. The minimum atomic E-state index is -0.132. The summed E-state index contributed by atoms with van der Waals surface area (Å²) in [6.07, 6.45) is 1.27. The summed E-state index contributed by atoms with van der Waals surface area (Å²) < 4.78 is 6.42. The number of carbonyl (C=O) groups is 1. The predicted octanol–water partition coefficient (Wildman–Crippen LogP) is 2.64. The van der Waals surface area contributed by atoms with E-state index in [9.17, 15) is 4.79 Å². The van der Waals surface area contributed by atoms with E-state index >= 15 is 0 Å². The third kappa shape index (κ3) is 5.29. The molecule has 0 aliphatic carbocycles. The van der Waals surface area contributed by atoms with Crippen molar-refractivity contribution in [3.8, 4) is 0 Å². The van der Waals surface area contributed by atoms with Gasteiger partial charge in [0.25, 0.3) is 0 Å². The van der Waals surface area contributed by atoms with Gasteiger partial charge in [-0.25, -0.2) is 0 Å². The monoisotopic (exact) mass is 264 g/mol. The van der Waals surface area contributed by atoms with E-state index in [0.29, 0.717) is 17.0 Å². The van der Waals surface area contributed by atoms with Gasteiger partial charge < -0.3 is 4.74 Å². The number of aromatic amines is 1. The maximum absolute atomic E-state index is 11.0. The molecule has 4 nitrogen and oxygen atoms in total. The molecule has 0 amide bonds. The highest BCUT2D eigenvalue weighted by molar-refractivity contribution is 8.01. The fraction of sp³-hybridized carbons (Fsp3) is 0.625. The van der Waals surface area contributed by atoms with Gasteiger partial charge in [0.2, 0.25) is 0 Å². The van der Waals surface area contributed by atoms with Crippen LogP contribution in [0.15, 0.2) is 4.34 Å². The van der Waals surface area contributed by atoms with Crippen LogP contribution in [0.4, 0.5) is 0 Å². The van der Waals surface area contributed by atoms with E-state index in [4.69, 9.17) is 17.0 Å². The van der Waals surface area contributed by atoms with Crippen LogP contribution in [0, 0.1) is 3.95 Å². The lowest BCUT2D eigenvalue weighted by Crippen LogP contribution is -2.03. The Kier molecular flexibility index (Phi) is 5.89. The SMILES string of the molecule is CCOC(=O)CCCSc1n[nH]c(=S)s1. The van der Waals surface area contributed by atoms with E-state index in [1.807, 2.05) is 6.92 Å². The highest BCUT2D eigenvalue weighted by Gasteiger charge is 2.02. The molecule has 84 valence electrons. The molecule has 0 saturated heterocycles. The summed E-state index contributed by atoms with van der Waals surface area (Å²) in [5.41, 5.74) is 0. The third-order valence-electron chi connectivity index (χ3n) is 1.47. The average molecular weight is 264 g/mol. The lowest BCUT2D eigenvalue weighted by molar-refractivity contribution is -0.143. The molecule has 1 aromatic rings. The standard InChI is InChI=1S/C8H12N2O2S3/c1-2-12-6(11)4-3-5-14-8-10-9-7(13)15-8/h2-5H2,1H3,(H,9,13). The summed E-state index contributed by atoms with van der Waals surface area (Å²) in [5, 5.41) is 6.71. The molecule has 7 heteroatoms. The Hall–Kier alpha value is -0.400. The van der Waals surface area contributed by atoms with Crippen LogP contribution in [0.2, 0.25) is 0 Å². The molecule has 0 atom stereocenters. The number of nitrogens with zero attached hydrogens (tertiary/aromatic N) is 1. The number of rotatable bonds is 6. The fourth-order valence-electron chi connectivity index (χ4n) is 0.887. The summed E-state index contributed by atoms with van der Waals surface area (Å²) in [6, 6.07) is 0. The molecule has 0 saturated carbocycles. The smallest absolute Gasteiger partial charge is 0.305 e. The molecule has 1 rings (SSSR count). The Labute approximate surface area is 101 Å². The predicted molar refractivity (Wildman–Crippen MR) is 63.9 cm³/mol.